The molecule has 1 saturated heterocycles. The van der Waals surface area contributed by atoms with Gasteiger partial charge in [0.05, 0.1) is 13.0 Å². The van der Waals surface area contributed by atoms with Gasteiger partial charge in [0.1, 0.15) is 0 Å². The lowest BCUT2D eigenvalue weighted by molar-refractivity contribution is -0.295. The molecule has 1 spiro atoms. The maximum absolute atomic E-state index is 12.4. The summed E-state index contributed by atoms with van der Waals surface area (Å²) in [5, 5.41) is 0. The largest absolute Gasteiger partial charge is 0.469 e. The van der Waals surface area contributed by atoms with Crippen LogP contribution in [0.1, 0.15) is 25.3 Å². The standard InChI is InChI=1S/C17H18O6/c1-16(8-11-6-4-3-5-7-11)14(19)22-17(23-15(16)20)9-12(10-17)13(18)21-2/h3-7,12H,8-10H2,1-2H3. The Morgan fingerprint density at radius 1 is 1.17 bits per heavy atom. The highest BCUT2D eigenvalue weighted by molar-refractivity contribution is 6.01. The molecule has 6 heteroatoms. The molecule has 0 amide bonds. The van der Waals surface area contributed by atoms with Crippen molar-refractivity contribution in [2.45, 2.75) is 32.0 Å². The van der Waals surface area contributed by atoms with E-state index in [9.17, 15) is 14.4 Å². The van der Waals surface area contributed by atoms with Crippen LogP contribution in [0.4, 0.5) is 0 Å². The Morgan fingerprint density at radius 3 is 2.26 bits per heavy atom. The van der Waals surface area contributed by atoms with Gasteiger partial charge in [-0.05, 0) is 18.9 Å². The number of ether oxygens (including phenoxy) is 3. The van der Waals surface area contributed by atoms with Gasteiger partial charge < -0.3 is 14.2 Å². The van der Waals surface area contributed by atoms with Crippen molar-refractivity contribution in [3.63, 3.8) is 0 Å². The van der Waals surface area contributed by atoms with Gasteiger partial charge in [-0.15, -0.1) is 0 Å². The Balaban J connectivity index is 1.72. The van der Waals surface area contributed by atoms with Crippen LogP contribution in [-0.2, 0) is 35.0 Å². The van der Waals surface area contributed by atoms with Gasteiger partial charge in [0, 0.05) is 12.8 Å². The van der Waals surface area contributed by atoms with Gasteiger partial charge in [-0.25, -0.2) is 0 Å². The van der Waals surface area contributed by atoms with Crippen molar-refractivity contribution in [1.82, 2.24) is 0 Å². The molecule has 1 heterocycles. The van der Waals surface area contributed by atoms with E-state index < -0.39 is 29.1 Å². The number of rotatable bonds is 3. The molecule has 0 radical (unpaired) electrons. The Labute approximate surface area is 133 Å². The molecule has 23 heavy (non-hydrogen) atoms. The maximum Gasteiger partial charge on any atom is 0.326 e. The van der Waals surface area contributed by atoms with Crippen LogP contribution in [0.5, 0.6) is 0 Å². The first-order valence-corrected chi connectivity index (χ1v) is 7.47. The zero-order chi connectivity index (χ0) is 16.7. The van der Waals surface area contributed by atoms with Crippen LogP contribution in [-0.4, -0.2) is 30.8 Å². The molecule has 0 bridgehead atoms. The summed E-state index contributed by atoms with van der Waals surface area (Å²) in [5.41, 5.74) is -0.524. The van der Waals surface area contributed by atoms with Crippen molar-refractivity contribution >= 4 is 17.9 Å². The molecule has 0 N–H and O–H groups in total. The number of carbonyl (C=O) groups is 3. The lowest BCUT2D eigenvalue weighted by Gasteiger charge is -2.49. The summed E-state index contributed by atoms with van der Waals surface area (Å²) in [6.07, 6.45) is 0.513. The number of esters is 3. The zero-order valence-electron chi connectivity index (χ0n) is 13.0. The van der Waals surface area contributed by atoms with Crippen molar-refractivity contribution < 1.29 is 28.6 Å². The van der Waals surface area contributed by atoms with Gasteiger partial charge in [0.15, 0.2) is 5.41 Å². The molecule has 2 aliphatic rings. The molecule has 2 fully saturated rings. The predicted molar refractivity (Wildman–Crippen MR) is 77.9 cm³/mol. The molecule has 1 saturated carbocycles. The second-order valence-corrected chi connectivity index (χ2v) is 6.31. The average Bonchev–Trinajstić information content (AvgIpc) is 2.50. The quantitative estimate of drug-likeness (QED) is 0.622. The van der Waals surface area contributed by atoms with Crippen molar-refractivity contribution in [3.05, 3.63) is 35.9 Å². The van der Waals surface area contributed by atoms with Gasteiger partial charge in [-0.1, -0.05) is 30.3 Å². The molecule has 6 nitrogen and oxygen atoms in total. The van der Waals surface area contributed by atoms with E-state index in [2.05, 4.69) is 4.74 Å². The third-order valence-electron chi connectivity index (χ3n) is 4.51. The Kier molecular flexibility index (Phi) is 3.62. The third-order valence-corrected chi connectivity index (χ3v) is 4.51. The Hall–Kier alpha value is -2.37. The summed E-state index contributed by atoms with van der Waals surface area (Å²) < 4.78 is 15.4. The molecule has 0 unspecified atom stereocenters. The lowest BCUT2D eigenvalue weighted by Crippen LogP contribution is -2.62. The third kappa shape index (κ3) is 2.58. The molecule has 1 aromatic carbocycles. The predicted octanol–water partition coefficient (Wildman–Crippen LogP) is 1.61. The molecule has 1 aromatic rings. The van der Waals surface area contributed by atoms with E-state index in [1.165, 1.54) is 14.0 Å². The second-order valence-electron chi connectivity index (χ2n) is 6.31. The number of hydrogen-bond acceptors (Lipinski definition) is 6. The highest BCUT2D eigenvalue weighted by Gasteiger charge is 2.62. The van der Waals surface area contributed by atoms with Crippen LogP contribution < -0.4 is 0 Å². The van der Waals surface area contributed by atoms with Crippen LogP contribution in [0.25, 0.3) is 0 Å². The number of hydrogen-bond donors (Lipinski definition) is 0. The summed E-state index contributed by atoms with van der Waals surface area (Å²) in [7, 11) is 1.29. The number of methoxy groups -OCH3 is 1. The van der Waals surface area contributed by atoms with E-state index in [1.807, 2.05) is 30.3 Å². The summed E-state index contributed by atoms with van der Waals surface area (Å²) in [6, 6.07) is 9.22. The minimum atomic E-state index is -1.37. The van der Waals surface area contributed by atoms with E-state index >= 15 is 0 Å². The molecule has 122 valence electrons. The maximum atomic E-state index is 12.4. The second kappa shape index (κ2) is 5.37. The Bertz CT molecular complexity index is 624. The van der Waals surface area contributed by atoms with Gasteiger partial charge in [-0.3, -0.25) is 14.4 Å². The first-order chi connectivity index (χ1) is 10.9. The van der Waals surface area contributed by atoms with Gasteiger partial charge in [0.25, 0.3) is 5.79 Å². The lowest BCUT2D eigenvalue weighted by atomic mass is 9.76. The minimum absolute atomic E-state index is 0.151. The summed E-state index contributed by atoms with van der Waals surface area (Å²) in [4.78, 5) is 36.3. The topological polar surface area (TPSA) is 78.9 Å². The fourth-order valence-electron chi connectivity index (χ4n) is 3.01. The minimum Gasteiger partial charge on any atom is -0.469 e. The van der Waals surface area contributed by atoms with Crippen molar-refractivity contribution in [1.29, 1.82) is 0 Å². The molecule has 1 aliphatic heterocycles. The van der Waals surface area contributed by atoms with Crippen molar-refractivity contribution in [2.75, 3.05) is 7.11 Å². The van der Waals surface area contributed by atoms with E-state index in [4.69, 9.17) is 9.47 Å². The molecular formula is C17H18O6. The van der Waals surface area contributed by atoms with E-state index in [0.29, 0.717) is 0 Å². The van der Waals surface area contributed by atoms with Gasteiger partial charge >= 0.3 is 17.9 Å². The zero-order valence-corrected chi connectivity index (χ0v) is 13.0. The molecule has 0 atom stereocenters. The smallest absolute Gasteiger partial charge is 0.326 e. The number of benzene rings is 1. The fraction of sp³-hybridized carbons (Fsp3) is 0.471. The first kappa shape index (κ1) is 15.5. The molecule has 3 rings (SSSR count). The van der Waals surface area contributed by atoms with Crippen LogP contribution in [0.3, 0.4) is 0 Å². The molecular weight excluding hydrogens is 300 g/mol. The summed E-state index contributed by atoms with van der Waals surface area (Å²) >= 11 is 0. The van der Waals surface area contributed by atoms with Crippen LogP contribution in [0.15, 0.2) is 30.3 Å². The Morgan fingerprint density at radius 2 is 1.74 bits per heavy atom. The summed E-state index contributed by atoms with van der Waals surface area (Å²) in [5.74, 6) is -3.32. The first-order valence-electron chi connectivity index (χ1n) is 7.47. The van der Waals surface area contributed by atoms with Gasteiger partial charge in [-0.2, -0.15) is 0 Å². The highest BCUT2D eigenvalue weighted by Crippen LogP contribution is 2.48. The normalized spacial score (nSPS) is 32.7. The summed E-state index contributed by atoms with van der Waals surface area (Å²) in [6.45, 7) is 1.52. The van der Waals surface area contributed by atoms with E-state index in [1.54, 1.807) is 0 Å². The fourth-order valence-corrected chi connectivity index (χ4v) is 3.01. The monoisotopic (exact) mass is 318 g/mol. The number of carbonyl (C=O) groups excluding carboxylic acids is 3. The van der Waals surface area contributed by atoms with Crippen molar-refractivity contribution in [2.24, 2.45) is 11.3 Å². The van der Waals surface area contributed by atoms with Crippen LogP contribution in [0.2, 0.25) is 0 Å². The van der Waals surface area contributed by atoms with Crippen LogP contribution >= 0.6 is 0 Å². The molecule has 1 aliphatic carbocycles. The van der Waals surface area contributed by atoms with Crippen molar-refractivity contribution in [3.8, 4) is 0 Å². The molecule has 0 aromatic heterocycles. The highest BCUT2D eigenvalue weighted by atomic mass is 16.7. The van der Waals surface area contributed by atoms with E-state index in [-0.39, 0.29) is 25.2 Å². The average molecular weight is 318 g/mol. The van der Waals surface area contributed by atoms with Crippen LogP contribution in [0, 0.1) is 11.3 Å². The van der Waals surface area contributed by atoms with Gasteiger partial charge in [0.2, 0.25) is 0 Å². The SMILES string of the molecule is COC(=O)C1CC2(C1)OC(=O)C(C)(Cc1ccccc1)C(=O)O2. The van der Waals surface area contributed by atoms with E-state index in [0.717, 1.165) is 5.56 Å².